The van der Waals surface area contributed by atoms with Crippen LogP contribution in [0.25, 0.3) is 10.9 Å². The van der Waals surface area contributed by atoms with E-state index in [4.69, 9.17) is 23.1 Å². The van der Waals surface area contributed by atoms with E-state index in [1.54, 1.807) is 6.20 Å². The Morgan fingerprint density at radius 2 is 1.48 bits per heavy atom. The second-order valence-corrected chi connectivity index (χ2v) is 19.2. The molecular formula is C51H73ClN12O9. The van der Waals surface area contributed by atoms with E-state index in [0.29, 0.717) is 50.6 Å². The van der Waals surface area contributed by atoms with Crippen molar-refractivity contribution in [2.24, 2.45) is 11.5 Å². The van der Waals surface area contributed by atoms with Gasteiger partial charge < -0.3 is 63.5 Å². The largest absolute Gasteiger partial charge is 0.368 e. The van der Waals surface area contributed by atoms with E-state index in [-0.39, 0.29) is 81.5 Å². The standard InChI is InChI=1S/C51H73ClN12O9/c1-32-36(62-51(73)58-32)19-7-4-8-24-43(65)55-25-13-11-21-38(45(53)67)59-46(68)39(22-15-26-56-50(54)72)60-47(69)40(29-34-31-57-37-20-10-9-18-35(34)37)61-48(70)41-23-12-14-27-64(41)49(71)42(63(2)44(66)30-52)28-33-16-5-3-6-17-33/h3,5-6,9-10,16-18,20,31-32,36,38-42,57H,4,7-8,11-15,19,21-30H2,1-2H3,(H2,53,67)(H,55,65)(H,59,68)(H,60,69)(H,61,70)(H3,54,56,72)(H2,58,62,73)/t32-,36+,38?,39?,40?,41+,42?/m1/s1. The summed E-state index contributed by atoms with van der Waals surface area (Å²) in [5, 5.41) is 20.2. The number of rotatable bonds is 29. The Bertz CT molecular complexity index is 2370. The van der Waals surface area contributed by atoms with Gasteiger partial charge in [0.25, 0.3) is 0 Å². The molecule has 1 aromatic heterocycles. The molecule has 2 aromatic carbocycles. The molecule has 73 heavy (non-hydrogen) atoms. The van der Waals surface area contributed by atoms with E-state index in [1.165, 1.54) is 16.8 Å². The number of halogens is 1. The highest BCUT2D eigenvalue weighted by atomic mass is 35.5. The number of hydrogen-bond donors (Lipinski definition) is 10. The lowest BCUT2D eigenvalue weighted by atomic mass is 9.96. The van der Waals surface area contributed by atoms with E-state index in [2.05, 4.69) is 42.2 Å². The molecule has 2 aliphatic heterocycles. The number of fused-ring (bicyclic) bond motifs is 1. The van der Waals surface area contributed by atoms with Crippen LogP contribution < -0.4 is 48.7 Å². The van der Waals surface area contributed by atoms with Crippen LogP contribution in [0.15, 0.2) is 60.8 Å². The molecule has 2 aliphatic rings. The summed E-state index contributed by atoms with van der Waals surface area (Å²) in [5.41, 5.74) is 13.3. The van der Waals surface area contributed by atoms with E-state index in [1.807, 2.05) is 61.5 Å². The summed E-state index contributed by atoms with van der Waals surface area (Å²) in [7, 11) is 1.51. The van der Waals surface area contributed by atoms with Gasteiger partial charge in [0.1, 0.15) is 36.1 Å². The Morgan fingerprint density at radius 3 is 2.19 bits per heavy atom. The van der Waals surface area contributed by atoms with Crippen molar-refractivity contribution in [2.45, 2.75) is 146 Å². The molecule has 2 fully saturated rings. The average Bonchev–Trinajstić information content (AvgIpc) is 3.94. The van der Waals surface area contributed by atoms with Gasteiger partial charge >= 0.3 is 12.1 Å². The first-order valence-corrected chi connectivity index (χ1v) is 25.9. The highest BCUT2D eigenvalue weighted by Crippen LogP contribution is 2.24. The Labute approximate surface area is 431 Å². The number of para-hydroxylation sites is 1. The van der Waals surface area contributed by atoms with Crippen molar-refractivity contribution >= 4 is 75.9 Å². The first kappa shape index (κ1) is 57.0. The zero-order valence-corrected chi connectivity index (χ0v) is 42.6. The fraction of sp³-hybridized carbons (Fsp3) is 0.549. The number of piperidine rings is 1. The Morgan fingerprint density at radius 1 is 0.781 bits per heavy atom. The van der Waals surface area contributed by atoms with Crippen molar-refractivity contribution in [1.29, 1.82) is 0 Å². The van der Waals surface area contributed by atoms with Crippen molar-refractivity contribution in [3.63, 3.8) is 0 Å². The van der Waals surface area contributed by atoms with Crippen LogP contribution in [0.1, 0.15) is 102 Å². The van der Waals surface area contributed by atoms with E-state index < -0.39 is 71.7 Å². The normalized spacial score (nSPS) is 18.0. The average molecular weight is 1030 g/mol. The van der Waals surface area contributed by atoms with Gasteiger partial charge in [0.05, 0.1) is 6.04 Å². The van der Waals surface area contributed by atoms with Gasteiger partial charge in [-0.15, -0.1) is 11.6 Å². The van der Waals surface area contributed by atoms with Crippen molar-refractivity contribution in [3.8, 4) is 0 Å². The summed E-state index contributed by atoms with van der Waals surface area (Å²) in [6.07, 6.45) is 8.18. The summed E-state index contributed by atoms with van der Waals surface area (Å²) in [6, 6.07) is 10.1. The SMILES string of the molecule is C[C@H]1NC(=O)N[C@H]1CCCCCC(=O)NCCCCC(NC(=O)C(CCCNC(N)=O)NC(=O)C(Cc1c[nH]c2ccccc12)NC(=O)[C@@H]1CCCCN1C(=O)C(Cc1ccccc1)N(C)C(=O)CCl)C(N)=O. The molecule has 22 heteroatoms. The number of unbranched alkanes of at least 4 members (excludes halogenated alkanes) is 3. The number of aromatic nitrogens is 1. The number of primary amides is 2. The molecule has 0 radical (unpaired) electrons. The molecular weight excluding hydrogens is 960 g/mol. The molecule has 5 rings (SSSR count). The quantitative estimate of drug-likeness (QED) is 0.0359. The molecule has 0 spiro atoms. The third-order valence-corrected chi connectivity index (χ3v) is 13.8. The number of nitrogens with zero attached hydrogens (tertiary/aromatic N) is 2. The number of alkyl halides is 1. The number of nitrogens with one attached hydrogen (secondary N) is 8. The van der Waals surface area contributed by atoms with Crippen LogP contribution in [-0.2, 0) is 46.4 Å². The molecule has 12 N–H and O–H groups in total. The van der Waals surface area contributed by atoms with Crippen LogP contribution in [0.4, 0.5) is 9.59 Å². The third-order valence-electron chi connectivity index (χ3n) is 13.6. The molecule has 3 aromatic rings. The minimum atomic E-state index is -1.28. The van der Waals surface area contributed by atoms with Crippen LogP contribution in [-0.4, -0.2) is 143 Å². The van der Waals surface area contributed by atoms with E-state index >= 15 is 0 Å². The summed E-state index contributed by atoms with van der Waals surface area (Å²) >= 11 is 5.95. The fourth-order valence-corrected chi connectivity index (χ4v) is 9.54. The predicted molar refractivity (Wildman–Crippen MR) is 275 cm³/mol. The van der Waals surface area contributed by atoms with Crippen LogP contribution in [0, 0.1) is 0 Å². The highest BCUT2D eigenvalue weighted by molar-refractivity contribution is 6.27. The number of benzene rings is 2. The number of amides is 11. The molecule has 0 aliphatic carbocycles. The van der Waals surface area contributed by atoms with Gasteiger partial charge in [-0.3, -0.25) is 33.6 Å². The minimum Gasteiger partial charge on any atom is -0.368 e. The fourth-order valence-electron chi connectivity index (χ4n) is 9.35. The van der Waals surface area contributed by atoms with Crippen LogP contribution in [0.2, 0.25) is 0 Å². The number of urea groups is 2. The third kappa shape index (κ3) is 17.7. The lowest BCUT2D eigenvalue weighted by molar-refractivity contribution is -0.150. The molecule has 3 heterocycles. The minimum absolute atomic E-state index is 0.0150. The Hall–Kier alpha value is -6.90. The molecule has 7 atom stereocenters. The maximum atomic E-state index is 14.6. The molecule has 0 bridgehead atoms. The van der Waals surface area contributed by atoms with Crippen molar-refractivity contribution in [1.82, 2.24) is 52.0 Å². The van der Waals surface area contributed by atoms with Crippen molar-refractivity contribution in [2.75, 3.05) is 32.6 Å². The molecule has 4 unspecified atom stereocenters. The number of aromatic amines is 1. The van der Waals surface area contributed by atoms with E-state index in [0.717, 1.165) is 35.7 Å². The zero-order chi connectivity index (χ0) is 52.9. The first-order valence-electron chi connectivity index (χ1n) is 25.3. The smallest absolute Gasteiger partial charge is 0.315 e. The Kier molecular flexibility index (Phi) is 22.6. The van der Waals surface area contributed by atoms with Gasteiger partial charge in [-0.05, 0) is 88.3 Å². The summed E-state index contributed by atoms with van der Waals surface area (Å²) in [6.45, 7) is 2.59. The number of H-pyrrole nitrogens is 1. The first-order chi connectivity index (χ1) is 35.1. The molecule has 398 valence electrons. The topological polar surface area (TPSA) is 312 Å². The van der Waals surface area contributed by atoms with Gasteiger partial charge in [0.2, 0.25) is 41.4 Å². The number of hydrogen-bond acceptors (Lipinski definition) is 9. The second-order valence-electron chi connectivity index (χ2n) is 18.9. The number of carbonyl (C=O) groups is 9. The van der Waals surface area contributed by atoms with Crippen molar-refractivity contribution < 1.29 is 43.2 Å². The number of nitrogens with two attached hydrogens (primary N) is 2. The predicted octanol–water partition coefficient (Wildman–Crippen LogP) is 2.10. The number of likely N-dealkylation sites (N-methyl/N-ethyl adjacent to an activating group) is 1. The molecule has 11 amide bonds. The maximum Gasteiger partial charge on any atom is 0.315 e. The van der Waals surface area contributed by atoms with Gasteiger partial charge in [0, 0.05) is 69.1 Å². The van der Waals surface area contributed by atoms with Gasteiger partial charge in [0.15, 0.2) is 0 Å². The van der Waals surface area contributed by atoms with Gasteiger partial charge in [-0.1, -0.05) is 61.4 Å². The van der Waals surface area contributed by atoms with Gasteiger partial charge in [-0.25, -0.2) is 9.59 Å². The highest BCUT2D eigenvalue weighted by Gasteiger charge is 2.40. The summed E-state index contributed by atoms with van der Waals surface area (Å²) in [5.74, 6) is -4.22. The van der Waals surface area contributed by atoms with Crippen LogP contribution in [0.3, 0.4) is 0 Å². The van der Waals surface area contributed by atoms with Crippen LogP contribution >= 0.6 is 11.6 Å². The van der Waals surface area contributed by atoms with Crippen molar-refractivity contribution in [3.05, 3.63) is 71.9 Å². The number of carbonyl (C=O) groups excluding carboxylic acids is 9. The number of likely N-dealkylation sites (tertiary alicyclic amines) is 1. The second kappa shape index (κ2) is 29.0. The molecule has 0 saturated carbocycles. The molecule has 21 nitrogen and oxygen atoms in total. The monoisotopic (exact) mass is 1030 g/mol. The lowest BCUT2D eigenvalue weighted by Gasteiger charge is -2.39. The van der Waals surface area contributed by atoms with E-state index in [9.17, 15) is 43.2 Å². The Balaban J connectivity index is 1.25. The lowest BCUT2D eigenvalue weighted by Crippen LogP contribution is -2.61. The van der Waals surface area contributed by atoms with Gasteiger partial charge in [-0.2, -0.15) is 0 Å². The summed E-state index contributed by atoms with van der Waals surface area (Å²) < 4.78 is 0. The zero-order valence-electron chi connectivity index (χ0n) is 41.9. The summed E-state index contributed by atoms with van der Waals surface area (Å²) in [4.78, 5) is 125. The molecule has 2 saturated heterocycles. The maximum absolute atomic E-state index is 14.6. The van der Waals surface area contributed by atoms with Crippen LogP contribution in [0.5, 0.6) is 0 Å².